The number of benzene rings is 4. The Balaban J connectivity index is 1.67. The van der Waals surface area contributed by atoms with Crippen molar-refractivity contribution in [3.63, 3.8) is 0 Å². The van der Waals surface area contributed by atoms with Crippen molar-refractivity contribution in [2.75, 3.05) is 0 Å². The summed E-state index contributed by atoms with van der Waals surface area (Å²) in [6, 6.07) is 26.7. The largest absolute Gasteiger partial charge is 0.477 e. The fraction of sp³-hybridized carbons (Fsp3) is 0.0370. The molecule has 6 heteroatoms. The summed E-state index contributed by atoms with van der Waals surface area (Å²) in [7, 11) is 0. The number of aromatic carboxylic acids is 1. The minimum atomic E-state index is -1.04. The van der Waals surface area contributed by atoms with E-state index in [1.54, 1.807) is 18.2 Å². The first-order valence-corrected chi connectivity index (χ1v) is 10.5. The van der Waals surface area contributed by atoms with Gasteiger partial charge in [0.2, 0.25) is 0 Å². The molecule has 0 amide bonds. The van der Waals surface area contributed by atoms with E-state index in [9.17, 15) is 9.90 Å². The predicted molar refractivity (Wildman–Crippen MR) is 130 cm³/mol. The van der Waals surface area contributed by atoms with Crippen LogP contribution in [-0.2, 0) is 6.42 Å². The number of nitrogens with one attached hydrogen (secondary N) is 2. The molecule has 0 unspecified atom stereocenters. The summed E-state index contributed by atoms with van der Waals surface area (Å²) in [5.74, 6) is 0.301. The van der Waals surface area contributed by atoms with Crippen molar-refractivity contribution in [3.05, 3.63) is 107 Å². The van der Waals surface area contributed by atoms with Gasteiger partial charge in [-0.25, -0.2) is 4.79 Å². The van der Waals surface area contributed by atoms with E-state index in [2.05, 4.69) is 4.98 Å². The Bertz CT molecular complexity index is 1520. The summed E-state index contributed by atoms with van der Waals surface area (Å²) in [6.45, 7) is 0. The molecular weight excluding hydrogens is 414 g/mol. The summed E-state index contributed by atoms with van der Waals surface area (Å²) >= 11 is 0. The highest BCUT2D eigenvalue weighted by Crippen LogP contribution is 2.33. The van der Waals surface area contributed by atoms with E-state index in [1.165, 1.54) is 0 Å². The molecule has 0 aliphatic heterocycles. The van der Waals surface area contributed by atoms with Gasteiger partial charge in [-0.2, -0.15) is 0 Å². The Hall–Kier alpha value is -4.58. The normalized spacial score (nSPS) is 11.0. The quantitative estimate of drug-likeness (QED) is 0.203. The summed E-state index contributed by atoms with van der Waals surface area (Å²) in [4.78, 5) is 15.1. The van der Waals surface area contributed by atoms with E-state index in [0.717, 1.165) is 27.5 Å². The van der Waals surface area contributed by atoms with Crippen molar-refractivity contribution >= 4 is 33.5 Å². The van der Waals surface area contributed by atoms with Crippen LogP contribution >= 0.6 is 0 Å². The van der Waals surface area contributed by atoms with Crippen molar-refractivity contribution in [2.45, 2.75) is 6.42 Å². The zero-order valence-corrected chi connectivity index (χ0v) is 17.6. The lowest BCUT2D eigenvalue weighted by molar-refractivity contribution is 0.0690. The van der Waals surface area contributed by atoms with Crippen molar-refractivity contribution in [2.24, 2.45) is 5.73 Å². The number of carboxylic acids is 1. The Morgan fingerprint density at radius 3 is 2.42 bits per heavy atom. The summed E-state index contributed by atoms with van der Waals surface area (Å²) in [5.41, 5.74) is 8.63. The Morgan fingerprint density at radius 1 is 0.909 bits per heavy atom. The lowest BCUT2D eigenvalue weighted by atomic mass is 9.95. The van der Waals surface area contributed by atoms with Gasteiger partial charge >= 0.3 is 5.97 Å². The summed E-state index contributed by atoms with van der Waals surface area (Å²) in [6.07, 6.45) is 0.371. The van der Waals surface area contributed by atoms with Gasteiger partial charge in [0, 0.05) is 22.9 Å². The van der Waals surface area contributed by atoms with Crippen molar-refractivity contribution in [3.8, 4) is 11.5 Å². The highest BCUT2D eigenvalue weighted by atomic mass is 16.5. The second-order valence-electron chi connectivity index (χ2n) is 7.85. The third-order valence-electron chi connectivity index (χ3n) is 5.70. The molecule has 162 valence electrons. The highest BCUT2D eigenvalue weighted by Gasteiger charge is 2.19. The van der Waals surface area contributed by atoms with Crippen LogP contribution in [0, 0.1) is 5.41 Å². The second-order valence-corrected chi connectivity index (χ2v) is 7.85. The molecule has 0 radical (unpaired) electrons. The number of para-hydroxylation sites is 1. The zero-order valence-electron chi connectivity index (χ0n) is 17.6. The molecule has 0 saturated heterocycles. The fourth-order valence-electron chi connectivity index (χ4n) is 4.16. The third kappa shape index (κ3) is 3.90. The number of H-pyrrole nitrogens is 1. The summed E-state index contributed by atoms with van der Waals surface area (Å²) in [5, 5.41) is 20.4. The number of nitrogen functional groups attached to an aromatic ring is 1. The number of fused-ring (bicyclic) bond motifs is 2. The maximum absolute atomic E-state index is 12.0. The van der Waals surface area contributed by atoms with Gasteiger partial charge < -0.3 is 20.6 Å². The molecule has 33 heavy (non-hydrogen) atoms. The number of rotatable bonds is 6. The molecule has 0 bridgehead atoms. The Morgan fingerprint density at radius 2 is 1.67 bits per heavy atom. The lowest BCUT2D eigenvalue weighted by Gasteiger charge is -2.12. The molecule has 4 aromatic carbocycles. The van der Waals surface area contributed by atoms with Crippen LogP contribution in [0.5, 0.6) is 11.5 Å². The van der Waals surface area contributed by atoms with Crippen LogP contribution in [0.25, 0.3) is 21.7 Å². The van der Waals surface area contributed by atoms with Crippen molar-refractivity contribution in [1.82, 2.24) is 4.98 Å². The van der Waals surface area contributed by atoms with Crippen LogP contribution in [0.15, 0.2) is 84.9 Å². The predicted octanol–water partition coefficient (Wildman–Crippen LogP) is 5.69. The first kappa shape index (κ1) is 20.3. The van der Waals surface area contributed by atoms with Crippen LogP contribution in [0.4, 0.5) is 0 Å². The number of aromatic nitrogens is 1. The van der Waals surface area contributed by atoms with Gasteiger partial charge in [0.15, 0.2) is 0 Å². The molecule has 5 aromatic rings. The van der Waals surface area contributed by atoms with Crippen molar-refractivity contribution in [1.29, 1.82) is 5.41 Å². The number of hydrogen-bond acceptors (Lipinski definition) is 3. The molecule has 0 fully saturated rings. The molecule has 1 heterocycles. The minimum Gasteiger partial charge on any atom is -0.477 e. The number of amidine groups is 1. The van der Waals surface area contributed by atoms with Crippen LogP contribution in [0.1, 0.15) is 27.2 Å². The lowest BCUT2D eigenvalue weighted by Crippen LogP contribution is -2.10. The van der Waals surface area contributed by atoms with Gasteiger partial charge in [0.1, 0.15) is 23.0 Å². The van der Waals surface area contributed by atoms with E-state index < -0.39 is 5.97 Å². The molecular formula is C27H21N3O3. The van der Waals surface area contributed by atoms with E-state index in [0.29, 0.717) is 28.8 Å². The Kier molecular flexibility index (Phi) is 5.03. The molecule has 0 aliphatic rings. The fourth-order valence-corrected chi connectivity index (χ4v) is 4.16. The van der Waals surface area contributed by atoms with Gasteiger partial charge in [0.05, 0.1) is 0 Å². The molecule has 5 rings (SSSR count). The number of aromatic amines is 1. The summed E-state index contributed by atoms with van der Waals surface area (Å²) < 4.78 is 6.09. The van der Waals surface area contributed by atoms with Gasteiger partial charge in [-0.05, 0) is 64.4 Å². The number of carboxylic acid groups (broad SMARTS) is 1. The van der Waals surface area contributed by atoms with Gasteiger partial charge in [0.25, 0.3) is 0 Å². The minimum absolute atomic E-state index is 0.0652. The SMILES string of the molecule is N=C(N)c1ccc2[nH]c(C(=O)O)c(Cc3cc(Oc4ccccc4)cc4ccccc34)c2c1. The molecule has 1 aromatic heterocycles. The number of carbonyl (C=O) groups is 1. The monoisotopic (exact) mass is 435 g/mol. The number of nitrogens with two attached hydrogens (primary N) is 1. The maximum Gasteiger partial charge on any atom is 0.352 e. The van der Waals surface area contributed by atoms with Gasteiger partial charge in [-0.15, -0.1) is 0 Å². The molecule has 0 atom stereocenters. The molecule has 6 nitrogen and oxygen atoms in total. The highest BCUT2D eigenvalue weighted by molar-refractivity contribution is 6.03. The van der Waals surface area contributed by atoms with Gasteiger partial charge in [-0.3, -0.25) is 5.41 Å². The first-order valence-electron chi connectivity index (χ1n) is 10.5. The van der Waals surface area contributed by atoms with Crippen LogP contribution in [0.3, 0.4) is 0 Å². The Labute approximate surface area is 189 Å². The smallest absolute Gasteiger partial charge is 0.352 e. The third-order valence-corrected chi connectivity index (χ3v) is 5.70. The standard InChI is InChI=1S/C27H21N3O3/c28-26(29)17-10-11-24-22(14-17)23(25(30-24)27(31)32)15-18-13-20(33-19-7-2-1-3-8-19)12-16-6-4-5-9-21(16)18/h1-14,30H,15H2,(H3,28,29)(H,31,32). The molecule has 0 aliphatic carbocycles. The van der Waals surface area contributed by atoms with Gasteiger partial charge in [-0.1, -0.05) is 42.5 Å². The zero-order chi connectivity index (χ0) is 22.9. The molecule has 0 saturated carbocycles. The van der Waals surface area contributed by atoms with E-state index in [4.69, 9.17) is 15.9 Å². The van der Waals surface area contributed by atoms with Crippen molar-refractivity contribution < 1.29 is 14.6 Å². The molecule has 5 N–H and O–H groups in total. The average Bonchev–Trinajstić information content (AvgIpc) is 3.18. The van der Waals surface area contributed by atoms with Crippen LogP contribution in [0.2, 0.25) is 0 Å². The average molecular weight is 435 g/mol. The van der Waals surface area contributed by atoms with Crippen LogP contribution in [-0.4, -0.2) is 21.9 Å². The topological polar surface area (TPSA) is 112 Å². The number of ether oxygens (including phenoxy) is 1. The maximum atomic E-state index is 12.0. The van der Waals surface area contributed by atoms with Crippen LogP contribution < -0.4 is 10.5 Å². The van der Waals surface area contributed by atoms with E-state index in [-0.39, 0.29) is 11.5 Å². The van der Waals surface area contributed by atoms with E-state index >= 15 is 0 Å². The molecule has 0 spiro atoms. The first-order chi connectivity index (χ1) is 16.0. The second kappa shape index (κ2) is 8.16. The number of hydrogen-bond donors (Lipinski definition) is 4. The van der Waals surface area contributed by atoms with E-state index in [1.807, 2.05) is 66.7 Å².